The number of carbonyl (C=O) groups excluding carboxylic acids is 1. The van der Waals surface area contributed by atoms with E-state index in [2.05, 4.69) is 26.1 Å². The van der Waals surface area contributed by atoms with E-state index < -0.39 is 5.60 Å². The first-order valence-electron chi connectivity index (χ1n) is 9.73. The van der Waals surface area contributed by atoms with Crippen LogP contribution >= 0.6 is 0 Å². The molecule has 25 heavy (non-hydrogen) atoms. The molecule has 2 N–H and O–H groups in total. The first-order valence-corrected chi connectivity index (χ1v) is 9.73. The van der Waals surface area contributed by atoms with Gasteiger partial charge in [0.15, 0.2) is 0 Å². The van der Waals surface area contributed by atoms with Gasteiger partial charge in [0.25, 0.3) is 0 Å². The fourth-order valence-electron chi connectivity index (χ4n) is 3.52. The Kier molecular flexibility index (Phi) is 7.00. The van der Waals surface area contributed by atoms with Crippen molar-refractivity contribution in [2.45, 2.75) is 71.8 Å². The van der Waals surface area contributed by atoms with Crippen LogP contribution in [0.3, 0.4) is 0 Å². The fourth-order valence-corrected chi connectivity index (χ4v) is 3.52. The molecule has 1 amide bonds. The van der Waals surface area contributed by atoms with Crippen molar-refractivity contribution in [1.82, 2.24) is 10.3 Å². The number of carbonyl (C=O) groups is 1. The van der Waals surface area contributed by atoms with Gasteiger partial charge >= 0.3 is 0 Å². The number of rotatable bonds is 8. The van der Waals surface area contributed by atoms with Crippen LogP contribution in [0.2, 0.25) is 0 Å². The molecule has 1 saturated heterocycles. The van der Waals surface area contributed by atoms with Crippen LogP contribution < -0.4 is 5.32 Å². The van der Waals surface area contributed by atoms with Crippen LogP contribution in [0.4, 0.5) is 0 Å². The van der Waals surface area contributed by atoms with Gasteiger partial charge < -0.3 is 10.4 Å². The van der Waals surface area contributed by atoms with E-state index >= 15 is 0 Å². The molecule has 1 aromatic rings. The quantitative estimate of drug-likeness (QED) is 0.752. The maximum absolute atomic E-state index is 11.6. The molecule has 0 aliphatic carbocycles. The summed E-state index contributed by atoms with van der Waals surface area (Å²) >= 11 is 0. The van der Waals surface area contributed by atoms with E-state index in [0.29, 0.717) is 30.6 Å². The average molecular weight is 347 g/mol. The molecule has 1 aromatic heterocycles. The zero-order chi connectivity index (χ0) is 18.4. The van der Waals surface area contributed by atoms with Crippen molar-refractivity contribution in [1.29, 1.82) is 0 Å². The minimum Gasteiger partial charge on any atom is -0.384 e. The molecule has 1 fully saturated rings. The molecule has 140 valence electrons. The van der Waals surface area contributed by atoms with Gasteiger partial charge in [-0.05, 0) is 68.9 Å². The Morgan fingerprint density at radius 3 is 2.76 bits per heavy atom. The Hall–Kier alpha value is -1.42. The first kappa shape index (κ1) is 19.9. The Labute approximate surface area is 152 Å². The maximum atomic E-state index is 11.6. The highest BCUT2D eigenvalue weighted by Crippen LogP contribution is 2.31. The summed E-state index contributed by atoms with van der Waals surface area (Å²) in [5, 5.41) is 13.8. The molecule has 2 heterocycles. The summed E-state index contributed by atoms with van der Waals surface area (Å²) in [5.74, 6) is 1.67. The normalized spacial score (nSPS) is 21.7. The summed E-state index contributed by atoms with van der Waals surface area (Å²) in [6, 6.07) is 5.98. The highest BCUT2D eigenvalue weighted by atomic mass is 16.3. The second kappa shape index (κ2) is 8.79. The second-order valence-corrected chi connectivity index (χ2v) is 8.34. The van der Waals surface area contributed by atoms with Gasteiger partial charge in [0.05, 0.1) is 5.69 Å². The molecule has 2 rings (SSSR count). The zero-order valence-corrected chi connectivity index (χ0v) is 16.2. The SMILES string of the molecule is CC(C)CCc1cccc(C(C)(O)CCC(C)C2CCNC(=O)C2)n1. The topological polar surface area (TPSA) is 62.2 Å². The first-order chi connectivity index (χ1) is 11.8. The summed E-state index contributed by atoms with van der Waals surface area (Å²) in [6.45, 7) is 9.28. The monoisotopic (exact) mass is 346 g/mol. The largest absolute Gasteiger partial charge is 0.384 e. The number of nitrogens with one attached hydrogen (secondary N) is 1. The van der Waals surface area contributed by atoms with E-state index in [-0.39, 0.29) is 5.91 Å². The summed E-state index contributed by atoms with van der Waals surface area (Å²) in [4.78, 5) is 16.3. The number of aromatic nitrogens is 1. The third kappa shape index (κ3) is 6.10. The minimum absolute atomic E-state index is 0.161. The lowest BCUT2D eigenvalue weighted by atomic mass is 9.80. The highest BCUT2D eigenvalue weighted by molar-refractivity contribution is 5.76. The zero-order valence-electron chi connectivity index (χ0n) is 16.2. The molecule has 1 aliphatic rings. The van der Waals surface area contributed by atoms with Gasteiger partial charge in [0.2, 0.25) is 5.91 Å². The highest BCUT2D eigenvalue weighted by Gasteiger charge is 2.29. The molecule has 3 atom stereocenters. The summed E-state index contributed by atoms with van der Waals surface area (Å²) in [5.41, 5.74) is 0.907. The van der Waals surface area contributed by atoms with Gasteiger partial charge in [-0.25, -0.2) is 0 Å². The van der Waals surface area contributed by atoms with Crippen molar-refractivity contribution in [2.24, 2.45) is 17.8 Å². The maximum Gasteiger partial charge on any atom is 0.220 e. The number of hydrogen-bond donors (Lipinski definition) is 2. The van der Waals surface area contributed by atoms with E-state index in [4.69, 9.17) is 4.98 Å². The third-order valence-electron chi connectivity index (χ3n) is 5.51. The Morgan fingerprint density at radius 2 is 2.08 bits per heavy atom. The van der Waals surface area contributed by atoms with Crippen molar-refractivity contribution in [2.75, 3.05) is 6.54 Å². The Morgan fingerprint density at radius 1 is 1.32 bits per heavy atom. The molecule has 3 unspecified atom stereocenters. The van der Waals surface area contributed by atoms with Crippen LogP contribution in [-0.4, -0.2) is 22.5 Å². The van der Waals surface area contributed by atoms with E-state index in [1.807, 2.05) is 25.1 Å². The average Bonchev–Trinajstić information content (AvgIpc) is 2.58. The molecule has 4 nitrogen and oxygen atoms in total. The molecule has 1 aliphatic heterocycles. The second-order valence-electron chi connectivity index (χ2n) is 8.34. The minimum atomic E-state index is -0.918. The number of aliphatic hydroxyl groups is 1. The summed E-state index contributed by atoms with van der Waals surface area (Å²) in [7, 11) is 0. The van der Waals surface area contributed by atoms with Crippen LogP contribution in [0.25, 0.3) is 0 Å². The molecule has 0 saturated carbocycles. The van der Waals surface area contributed by atoms with Gasteiger partial charge in [0.1, 0.15) is 5.60 Å². The fraction of sp³-hybridized carbons (Fsp3) is 0.714. The van der Waals surface area contributed by atoms with Gasteiger partial charge in [-0.15, -0.1) is 0 Å². The molecule has 4 heteroatoms. The van der Waals surface area contributed by atoms with E-state index in [1.165, 1.54) is 0 Å². The van der Waals surface area contributed by atoms with E-state index in [9.17, 15) is 9.90 Å². The molecule has 0 aromatic carbocycles. The lowest BCUT2D eigenvalue weighted by Gasteiger charge is -2.30. The van der Waals surface area contributed by atoms with Crippen molar-refractivity contribution in [3.63, 3.8) is 0 Å². The Balaban J connectivity index is 1.93. The molecular weight excluding hydrogens is 312 g/mol. The van der Waals surface area contributed by atoms with E-state index in [1.54, 1.807) is 0 Å². The van der Waals surface area contributed by atoms with Crippen LogP contribution in [0.15, 0.2) is 18.2 Å². The lowest BCUT2D eigenvalue weighted by Crippen LogP contribution is -2.36. The van der Waals surface area contributed by atoms with Gasteiger partial charge in [-0.1, -0.05) is 26.8 Å². The van der Waals surface area contributed by atoms with E-state index in [0.717, 1.165) is 43.6 Å². The molecule has 0 radical (unpaired) electrons. The molecule has 0 bridgehead atoms. The molecular formula is C21H34N2O2. The number of pyridine rings is 1. The van der Waals surface area contributed by atoms with Crippen molar-refractivity contribution in [3.8, 4) is 0 Å². The number of piperidine rings is 1. The number of amides is 1. The summed E-state index contributed by atoms with van der Waals surface area (Å²) in [6.07, 6.45) is 5.30. The van der Waals surface area contributed by atoms with Gasteiger partial charge in [0, 0.05) is 18.7 Å². The number of hydrogen-bond acceptors (Lipinski definition) is 3. The smallest absolute Gasteiger partial charge is 0.220 e. The predicted molar refractivity (Wildman–Crippen MR) is 101 cm³/mol. The van der Waals surface area contributed by atoms with Crippen molar-refractivity contribution < 1.29 is 9.90 Å². The van der Waals surface area contributed by atoms with Crippen molar-refractivity contribution in [3.05, 3.63) is 29.6 Å². The van der Waals surface area contributed by atoms with Crippen molar-refractivity contribution >= 4 is 5.91 Å². The van der Waals surface area contributed by atoms with Gasteiger partial charge in [-0.2, -0.15) is 0 Å². The number of nitrogens with zero attached hydrogens (tertiary/aromatic N) is 1. The van der Waals surface area contributed by atoms with Crippen LogP contribution in [0.1, 0.15) is 71.2 Å². The Bertz CT molecular complexity index is 569. The lowest BCUT2D eigenvalue weighted by molar-refractivity contribution is -0.124. The van der Waals surface area contributed by atoms with Gasteiger partial charge in [-0.3, -0.25) is 9.78 Å². The van der Waals surface area contributed by atoms with Crippen LogP contribution in [0, 0.1) is 17.8 Å². The standard InChI is InChI=1S/C21H34N2O2/c1-15(2)8-9-18-6-5-7-19(23-18)21(4,25)12-10-16(3)17-11-13-22-20(24)14-17/h5-7,15-17,25H,8-14H2,1-4H3,(H,22,24). The summed E-state index contributed by atoms with van der Waals surface area (Å²) < 4.78 is 0. The third-order valence-corrected chi connectivity index (χ3v) is 5.51. The van der Waals surface area contributed by atoms with Crippen LogP contribution in [0.5, 0.6) is 0 Å². The molecule has 0 spiro atoms. The van der Waals surface area contributed by atoms with Crippen LogP contribution in [-0.2, 0) is 16.8 Å². The predicted octanol–water partition coefficient (Wildman–Crippen LogP) is 3.82. The number of aryl methyl sites for hydroxylation is 1.